The molecule has 0 radical (unpaired) electrons. The van der Waals surface area contributed by atoms with Gasteiger partial charge in [0.15, 0.2) is 5.96 Å². The number of guanidine groups is 1. The van der Waals surface area contributed by atoms with Crippen molar-refractivity contribution < 1.29 is 0 Å². The van der Waals surface area contributed by atoms with E-state index >= 15 is 0 Å². The van der Waals surface area contributed by atoms with E-state index in [1.807, 2.05) is 0 Å². The van der Waals surface area contributed by atoms with Gasteiger partial charge in [-0.1, -0.05) is 6.92 Å². The third-order valence-corrected chi connectivity index (χ3v) is 4.05. The van der Waals surface area contributed by atoms with Gasteiger partial charge in [-0.2, -0.15) is 0 Å². The Labute approximate surface area is 112 Å². The first-order valence-electron chi connectivity index (χ1n) is 7.48. The quantitative estimate of drug-likeness (QED) is 0.580. The first-order valence-corrected chi connectivity index (χ1v) is 7.48. The van der Waals surface area contributed by atoms with Crippen LogP contribution >= 0.6 is 0 Å². The first-order chi connectivity index (χ1) is 8.71. The van der Waals surface area contributed by atoms with Crippen LogP contribution in [0.5, 0.6) is 0 Å². The number of nitrogens with zero attached hydrogens (tertiary/aromatic N) is 3. The average molecular weight is 254 g/mol. The Hall–Kier alpha value is -0.770. The Bertz CT molecular complexity index is 240. The van der Waals surface area contributed by atoms with Gasteiger partial charge in [0.2, 0.25) is 0 Å². The van der Waals surface area contributed by atoms with Gasteiger partial charge in [-0.25, -0.2) is 0 Å². The van der Waals surface area contributed by atoms with Crippen molar-refractivity contribution in [2.24, 2.45) is 16.6 Å². The number of piperidine rings is 1. The lowest BCUT2D eigenvalue weighted by Gasteiger charge is -2.30. The van der Waals surface area contributed by atoms with Crippen LogP contribution in [0, 0.1) is 5.92 Å². The van der Waals surface area contributed by atoms with E-state index in [1.165, 1.54) is 38.9 Å². The topological polar surface area (TPSA) is 44.9 Å². The molecule has 0 aromatic heterocycles. The van der Waals surface area contributed by atoms with Crippen LogP contribution in [0.2, 0.25) is 0 Å². The van der Waals surface area contributed by atoms with Crippen LogP contribution < -0.4 is 5.73 Å². The molecule has 1 saturated heterocycles. The van der Waals surface area contributed by atoms with Crippen LogP contribution in [-0.4, -0.2) is 55.0 Å². The van der Waals surface area contributed by atoms with Crippen LogP contribution in [0.3, 0.4) is 0 Å². The molecule has 106 valence electrons. The van der Waals surface area contributed by atoms with E-state index in [4.69, 9.17) is 5.73 Å². The fourth-order valence-electron chi connectivity index (χ4n) is 2.60. The fourth-order valence-corrected chi connectivity index (χ4v) is 2.60. The molecule has 0 saturated carbocycles. The van der Waals surface area contributed by atoms with E-state index in [-0.39, 0.29) is 0 Å². The van der Waals surface area contributed by atoms with E-state index < -0.39 is 0 Å². The zero-order chi connectivity index (χ0) is 13.4. The molecule has 0 spiro atoms. The minimum Gasteiger partial charge on any atom is -0.370 e. The lowest BCUT2D eigenvalue weighted by Crippen LogP contribution is -2.37. The molecule has 18 heavy (non-hydrogen) atoms. The fraction of sp³-hybridized carbons (Fsp3) is 0.929. The van der Waals surface area contributed by atoms with Gasteiger partial charge in [-0.15, -0.1) is 0 Å². The van der Waals surface area contributed by atoms with Gasteiger partial charge in [0.25, 0.3) is 0 Å². The summed E-state index contributed by atoms with van der Waals surface area (Å²) in [5, 5.41) is 0. The van der Waals surface area contributed by atoms with Crippen molar-refractivity contribution in [2.45, 2.75) is 40.0 Å². The Morgan fingerprint density at radius 3 is 2.33 bits per heavy atom. The summed E-state index contributed by atoms with van der Waals surface area (Å²) >= 11 is 0. The van der Waals surface area contributed by atoms with Gasteiger partial charge in [0, 0.05) is 19.6 Å². The number of rotatable bonds is 6. The summed E-state index contributed by atoms with van der Waals surface area (Å²) in [6.07, 6.45) is 3.85. The number of nitrogens with two attached hydrogens (primary N) is 1. The van der Waals surface area contributed by atoms with E-state index in [9.17, 15) is 0 Å². The van der Waals surface area contributed by atoms with Crippen molar-refractivity contribution in [1.82, 2.24) is 9.80 Å². The number of hydrogen-bond acceptors (Lipinski definition) is 2. The van der Waals surface area contributed by atoms with Crippen LogP contribution in [0.4, 0.5) is 0 Å². The molecule has 1 rings (SSSR count). The molecule has 1 heterocycles. The molecule has 1 fully saturated rings. The second kappa shape index (κ2) is 8.35. The Balaban J connectivity index is 2.23. The SMILES string of the molecule is CCN1CCC(CCN=C(N)N(CC)CC)CC1. The minimum absolute atomic E-state index is 0.714. The lowest BCUT2D eigenvalue weighted by molar-refractivity contribution is 0.188. The summed E-state index contributed by atoms with van der Waals surface area (Å²) in [6.45, 7) is 13.0. The Kier molecular flexibility index (Phi) is 7.09. The van der Waals surface area contributed by atoms with E-state index in [2.05, 4.69) is 35.6 Å². The number of hydrogen-bond donors (Lipinski definition) is 1. The third-order valence-electron chi connectivity index (χ3n) is 4.05. The van der Waals surface area contributed by atoms with E-state index in [0.717, 1.165) is 25.6 Å². The molecule has 0 unspecified atom stereocenters. The van der Waals surface area contributed by atoms with Crippen molar-refractivity contribution in [3.05, 3.63) is 0 Å². The summed E-state index contributed by atoms with van der Waals surface area (Å²) in [5.41, 5.74) is 5.97. The van der Waals surface area contributed by atoms with E-state index in [0.29, 0.717) is 5.96 Å². The van der Waals surface area contributed by atoms with Crippen LogP contribution in [0.15, 0.2) is 4.99 Å². The van der Waals surface area contributed by atoms with Gasteiger partial charge in [0.05, 0.1) is 0 Å². The molecule has 0 amide bonds. The predicted molar refractivity (Wildman–Crippen MR) is 78.9 cm³/mol. The van der Waals surface area contributed by atoms with Crippen molar-refractivity contribution >= 4 is 5.96 Å². The monoisotopic (exact) mass is 254 g/mol. The highest BCUT2D eigenvalue weighted by Gasteiger charge is 2.17. The van der Waals surface area contributed by atoms with Crippen molar-refractivity contribution in [1.29, 1.82) is 0 Å². The molecule has 4 heteroatoms. The normalized spacial score (nSPS) is 19.2. The number of likely N-dealkylation sites (tertiary alicyclic amines) is 1. The van der Waals surface area contributed by atoms with Crippen LogP contribution in [0.25, 0.3) is 0 Å². The molecule has 4 nitrogen and oxygen atoms in total. The molecule has 1 aliphatic rings. The molecule has 0 aliphatic carbocycles. The van der Waals surface area contributed by atoms with Crippen molar-refractivity contribution in [3.8, 4) is 0 Å². The van der Waals surface area contributed by atoms with Crippen molar-refractivity contribution in [3.63, 3.8) is 0 Å². The number of aliphatic imine (C=N–C) groups is 1. The zero-order valence-corrected chi connectivity index (χ0v) is 12.4. The highest BCUT2D eigenvalue weighted by atomic mass is 15.2. The van der Waals surface area contributed by atoms with Gasteiger partial charge in [0.1, 0.15) is 0 Å². The Morgan fingerprint density at radius 2 is 1.83 bits per heavy atom. The molecule has 2 N–H and O–H groups in total. The van der Waals surface area contributed by atoms with Gasteiger partial charge in [-0.05, 0) is 58.7 Å². The molecular weight excluding hydrogens is 224 g/mol. The smallest absolute Gasteiger partial charge is 0.191 e. The largest absolute Gasteiger partial charge is 0.370 e. The molecule has 0 bridgehead atoms. The highest BCUT2D eigenvalue weighted by Crippen LogP contribution is 2.20. The van der Waals surface area contributed by atoms with Gasteiger partial charge < -0.3 is 15.5 Å². The maximum Gasteiger partial charge on any atom is 0.191 e. The second-order valence-corrected chi connectivity index (χ2v) is 5.08. The van der Waals surface area contributed by atoms with Gasteiger partial charge in [-0.3, -0.25) is 4.99 Å². The molecule has 0 aromatic carbocycles. The minimum atomic E-state index is 0.714. The molecule has 0 atom stereocenters. The Morgan fingerprint density at radius 1 is 1.22 bits per heavy atom. The van der Waals surface area contributed by atoms with Crippen molar-refractivity contribution in [2.75, 3.05) is 39.3 Å². The zero-order valence-electron chi connectivity index (χ0n) is 12.4. The summed E-state index contributed by atoms with van der Waals surface area (Å²) < 4.78 is 0. The predicted octanol–water partition coefficient (Wildman–Crippen LogP) is 1.76. The van der Waals surface area contributed by atoms with Gasteiger partial charge >= 0.3 is 0 Å². The average Bonchev–Trinajstić information content (AvgIpc) is 2.41. The molecule has 0 aromatic rings. The summed E-state index contributed by atoms with van der Waals surface area (Å²) in [7, 11) is 0. The summed E-state index contributed by atoms with van der Waals surface area (Å²) in [6, 6.07) is 0. The maximum absolute atomic E-state index is 5.97. The van der Waals surface area contributed by atoms with E-state index in [1.54, 1.807) is 0 Å². The maximum atomic E-state index is 5.97. The second-order valence-electron chi connectivity index (χ2n) is 5.08. The lowest BCUT2D eigenvalue weighted by atomic mass is 9.94. The third kappa shape index (κ3) is 4.84. The standard InChI is InChI=1S/C14H30N4/c1-4-17-11-8-13(9-12-17)7-10-16-14(15)18(5-2)6-3/h13H,4-12H2,1-3H3,(H2,15,16). The van der Waals surface area contributed by atoms with Crippen LogP contribution in [-0.2, 0) is 0 Å². The highest BCUT2D eigenvalue weighted by molar-refractivity contribution is 5.77. The summed E-state index contributed by atoms with van der Waals surface area (Å²) in [4.78, 5) is 9.15. The molecule has 1 aliphatic heterocycles. The molecular formula is C14H30N4. The van der Waals surface area contributed by atoms with Crippen LogP contribution in [0.1, 0.15) is 40.0 Å². The summed E-state index contributed by atoms with van der Waals surface area (Å²) in [5.74, 6) is 1.56. The first kappa shape index (κ1) is 15.3.